The van der Waals surface area contributed by atoms with Crippen molar-refractivity contribution in [1.82, 2.24) is 9.88 Å². The Bertz CT molecular complexity index is 1020. The maximum Gasteiger partial charge on any atom is 0.356 e. The van der Waals surface area contributed by atoms with Crippen molar-refractivity contribution in [2.45, 2.75) is 13.1 Å². The number of hydrogen-bond donors (Lipinski definition) is 2. The van der Waals surface area contributed by atoms with Crippen molar-refractivity contribution in [3.8, 4) is 0 Å². The Hall–Kier alpha value is -3.41. The Morgan fingerprint density at radius 3 is 2.68 bits per heavy atom. The third-order valence-corrected chi connectivity index (χ3v) is 4.37. The van der Waals surface area contributed by atoms with Gasteiger partial charge in [-0.05, 0) is 29.3 Å². The second kappa shape index (κ2) is 5.59. The molecule has 0 radical (unpaired) electrons. The smallest absolute Gasteiger partial charge is 0.356 e. The summed E-state index contributed by atoms with van der Waals surface area (Å²) in [7, 11) is 0. The molecule has 0 bridgehead atoms. The first-order valence-electron chi connectivity index (χ1n) is 7.82. The number of aromatic nitrogens is 1. The molecular weight excluding hydrogens is 318 g/mol. The van der Waals surface area contributed by atoms with E-state index >= 15 is 0 Å². The minimum absolute atomic E-state index is 0.0729. The van der Waals surface area contributed by atoms with Crippen LogP contribution in [0.25, 0.3) is 10.9 Å². The number of rotatable bonds is 3. The summed E-state index contributed by atoms with van der Waals surface area (Å²) in [4.78, 5) is 29.8. The van der Waals surface area contributed by atoms with Gasteiger partial charge in [0, 0.05) is 24.0 Å². The summed E-state index contributed by atoms with van der Waals surface area (Å²) < 4.78 is 0. The Morgan fingerprint density at radius 1 is 1.20 bits per heavy atom. The van der Waals surface area contributed by atoms with Crippen molar-refractivity contribution in [2.75, 3.05) is 5.73 Å². The summed E-state index contributed by atoms with van der Waals surface area (Å²) in [5.41, 5.74) is 8.67. The fourth-order valence-electron chi connectivity index (χ4n) is 3.17. The second-order valence-corrected chi connectivity index (χ2v) is 6.08. The molecule has 3 N–H and O–H groups in total. The monoisotopic (exact) mass is 333 g/mol. The van der Waals surface area contributed by atoms with Gasteiger partial charge >= 0.3 is 5.97 Å². The van der Waals surface area contributed by atoms with Crippen molar-refractivity contribution in [3.05, 3.63) is 70.9 Å². The highest BCUT2D eigenvalue weighted by molar-refractivity contribution is 6.03. The molecule has 1 amide bonds. The lowest BCUT2D eigenvalue weighted by Crippen LogP contribution is -2.23. The zero-order chi connectivity index (χ0) is 17.6. The Balaban J connectivity index is 1.73. The lowest BCUT2D eigenvalue weighted by molar-refractivity contribution is 0.0691. The maximum atomic E-state index is 12.7. The molecule has 0 saturated heterocycles. The van der Waals surface area contributed by atoms with E-state index in [2.05, 4.69) is 4.98 Å². The molecule has 3 aromatic rings. The first-order valence-corrected chi connectivity index (χ1v) is 7.82. The van der Waals surface area contributed by atoms with Gasteiger partial charge in [0.2, 0.25) is 0 Å². The van der Waals surface area contributed by atoms with E-state index in [-0.39, 0.29) is 17.3 Å². The number of nitrogens with two attached hydrogens (primary N) is 1. The molecule has 0 atom stereocenters. The number of carbonyl (C=O) groups excluding carboxylic acids is 1. The largest absolute Gasteiger partial charge is 0.476 e. The molecule has 2 heterocycles. The fourth-order valence-corrected chi connectivity index (χ4v) is 3.17. The molecule has 6 nitrogen and oxygen atoms in total. The molecule has 0 fully saturated rings. The van der Waals surface area contributed by atoms with Crippen LogP contribution in [0.2, 0.25) is 0 Å². The number of benzene rings is 2. The van der Waals surface area contributed by atoms with E-state index in [0.717, 1.165) is 16.5 Å². The van der Waals surface area contributed by atoms with Crippen molar-refractivity contribution in [2.24, 2.45) is 0 Å². The second-order valence-electron chi connectivity index (χ2n) is 6.08. The van der Waals surface area contributed by atoms with Crippen LogP contribution in [-0.4, -0.2) is 26.9 Å². The molecule has 25 heavy (non-hydrogen) atoms. The standard InChI is InChI=1S/C19H15N3O3/c20-15-7-12-6-13-10-22(9-11-4-2-1-3-5-11)18(23)14(13)8-16(12)21-17(15)19(24)25/h1-8H,9-10,20H2,(H,24,25). The van der Waals surface area contributed by atoms with Gasteiger partial charge < -0.3 is 15.7 Å². The van der Waals surface area contributed by atoms with Crippen LogP contribution in [0.4, 0.5) is 5.69 Å². The molecule has 0 aliphatic carbocycles. The molecule has 0 saturated carbocycles. The van der Waals surface area contributed by atoms with Gasteiger partial charge in [-0.3, -0.25) is 4.79 Å². The number of fused-ring (bicyclic) bond motifs is 2. The molecule has 1 aliphatic rings. The van der Waals surface area contributed by atoms with Gasteiger partial charge in [-0.2, -0.15) is 0 Å². The number of pyridine rings is 1. The van der Waals surface area contributed by atoms with Crippen LogP contribution in [0, 0.1) is 0 Å². The molecule has 6 heteroatoms. The molecule has 1 aliphatic heterocycles. The lowest BCUT2D eigenvalue weighted by atomic mass is 10.1. The first kappa shape index (κ1) is 15.1. The van der Waals surface area contributed by atoms with Gasteiger partial charge in [0.1, 0.15) is 0 Å². The summed E-state index contributed by atoms with van der Waals surface area (Å²) in [6, 6.07) is 14.9. The minimum Gasteiger partial charge on any atom is -0.476 e. The number of nitrogens with zero attached hydrogens (tertiary/aromatic N) is 2. The Labute approximate surface area is 143 Å². The van der Waals surface area contributed by atoms with Crippen molar-refractivity contribution >= 4 is 28.5 Å². The number of hydrogen-bond acceptors (Lipinski definition) is 4. The third-order valence-electron chi connectivity index (χ3n) is 4.37. The molecule has 2 aromatic carbocycles. The van der Waals surface area contributed by atoms with Crippen LogP contribution in [-0.2, 0) is 13.1 Å². The van der Waals surface area contributed by atoms with Crippen molar-refractivity contribution in [1.29, 1.82) is 0 Å². The molecule has 124 valence electrons. The van der Waals surface area contributed by atoms with E-state index < -0.39 is 5.97 Å². The predicted octanol–water partition coefficient (Wildman–Crippen LogP) is 2.67. The SMILES string of the molecule is Nc1cc2cc3c(cc2nc1C(=O)O)C(=O)N(Cc1ccccc1)C3. The number of carboxylic acid groups (broad SMARTS) is 1. The number of carboxylic acids is 1. The molecule has 0 unspecified atom stereocenters. The molecule has 4 rings (SSSR count). The van der Waals surface area contributed by atoms with E-state index in [1.165, 1.54) is 0 Å². The Kier molecular flexibility index (Phi) is 3.39. The van der Waals surface area contributed by atoms with E-state index in [0.29, 0.717) is 24.2 Å². The van der Waals surface area contributed by atoms with Gasteiger partial charge in [-0.1, -0.05) is 30.3 Å². The first-order chi connectivity index (χ1) is 12.0. The van der Waals surface area contributed by atoms with Crippen LogP contribution < -0.4 is 5.73 Å². The summed E-state index contributed by atoms with van der Waals surface area (Å²) in [5.74, 6) is -1.26. The number of aromatic carboxylic acids is 1. The lowest BCUT2D eigenvalue weighted by Gasteiger charge is -2.15. The van der Waals surface area contributed by atoms with E-state index in [1.807, 2.05) is 36.4 Å². The maximum absolute atomic E-state index is 12.7. The minimum atomic E-state index is -1.18. The average Bonchev–Trinajstić information content (AvgIpc) is 2.88. The average molecular weight is 333 g/mol. The zero-order valence-electron chi connectivity index (χ0n) is 13.3. The summed E-state index contributed by atoms with van der Waals surface area (Å²) in [5, 5.41) is 9.89. The van der Waals surface area contributed by atoms with Crippen LogP contribution in [0.15, 0.2) is 48.5 Å². The van der Waals surface area contributed by atoms with Crippen molar-refractivity contribution < 1.29 is 14.7 Å². The normalized spacial score (nSPS) is 13.3. The third kappa shape index (κ3) is 2.57. The van der Waals surface area contributed by atoms with Crippen LogP contribution in [0.5, 0.6) is 0 Å². The molecule has 1 aromatic heterocycles. The highest BCUT2D eigenvalue weighted by Gasteiger charge is 2.28. The van der Waals surface area contributed by atoms with Crippen LogP contribution in [0.1, 0.15) is 32.0 Å². The van der Waals surface area contributed by atoms with Gasteiger partial charge in [-0.15, -0.1) is 0 Å². The molecular formula is C19H15N3O3. The van der Waals surface area contributed by atoms with Gasteiger partial charge in [0.15, 0.2) is 5.69 Å². The Morgan fingerprint density at radius 2 is 1.96 bits per heavy atom. The summed E-state index contributed by atoms with van der Waals surface area (Å²) >= 11 is 0. The van der Waals surface area contributed by atoms with E-state index in [1.54, 1.807) is 17.0 Å². The number of carbonyl (C=O) groups is 2. The summed E-state index contributed by atoms with van der Waals surface area (Å²) in [6.45, 7) is 1.04. The fraction of sp³-hybridized carbons (Fsp3) is 0.105. The topological polar surface area (TPSA) is 96.5 Å². The van der Waals surface area contributed by atoms with E-state index in [4.69, 9.17) is 10.8 Å². The van der Waals surface area contributed by atoms with Gasteiger partial charge in [0.05, 0.1) is 11.2 Å². The van der Waals surface area contributed by atoms with Gasteiger partial charge in [-0.25, -0.2) is 9.78 Å². The summed E-state index contributed by atoms with van der Waals surface area (Å²) in [6.07, 6.45) is 0. The highest BCUT2D eigenvalue weighted by Crippen LogP contribution is 2.29. The van der Waals surface area contributed by atoms with E-state index in [9.17, 15) is 9.59 Å². The van der Waals surface area contributed by atoms with Crippen molar-refractivity contribution in [3.63, 3.8) is 0 Å². The van der Waals surface area contributed by atoms with Crippen LogP contribution in [0.3, 0.4) is 0 Å². The van der Waals surface area contributed by atoms with Crippen LogP contribution >= 0.6 is 0 Å². The zero-order valence-corrected chi connectivity index (χ0v) is 13.3. The number of nitrogen functional groups attached to an aromatic ring is 1. The number of amides is 1. The molecule has 0 spiro atoms. The quantitative estimate of drug-likeness (QED) is 0.768. The highest BCUT2D eigenvalue weighted by atomic mass is 16.4. The number of anilines is 1. The van der Waals surface area contributed by atoms with Gasteiger partial charge in [0.25, 0.3) is 5.91 Å². The predicted molar refractivity (Wildman–Crippen MR) is 93.1 cm³/mol.